The molecule has 16 heavy (non-hydrogen) atoms. The van der Waals surface area contributed by atoms with Crippen LogP contribution in [0.4, 0.5) is 0 Å². The summed E-state index contributed by atoms with van der Waals surface area (Å²) in [5.41, 5.74) is 0.0309. The van der Waals surface area contributed by atoms with Crippen molar-refractivity contribution in [3.8, 4) is 0 Å². The van der Waals surface area contributed by atoms with E-state index in [1.54, 1.807) is 6.08 Å². The van der Waals surface area contributed by atoms with Crippen LogP contribution in [0, 0.1) is 0 Å². The Bertz CT molecular complexity index is 263. The minimum Gasteiger partial charge on any atom is -0.351 e. The van der Waals surface area contributed by atoms with Crippen LogP contribution in [0.2, 0.25) is 0 Å². The van der Waals surface area contributed by atoms with Crippen molar-refractivity contribution in [2.24, 2.45) is 0 Å². The van der Waals surface area contributed by atoms with E-state index in [4.69, 9.17) is 0 Å². The monoisotopic (exact) mass is 225 g/mol. The second-order valence-corrected chi connectivity index (χ2v) is 4.89. The van der Waals surface area contributed by atoms with Crippen molar-refractivity contribution in [1.82, 2.24) is 15.5 Å². The molecule has 1 atom stereocenters. The highest BCUT2D eigenvalue weighted by molar-refractivity contribution is 5.81. The highest BCUT2D eigenvalue weighted by Crippen LogP contribution is 2.19. The van der Waals surface area contributed by atoms with Crippen molar-refractivity contribution in [2.75, 3.05) is 26.2 Å². The standard InChI is InChI=1S/C12H23N3O/c1-5-6-14-11(16)10(2)15-8-7-13-9-12(15,3)4/h5,10,13H,1,6-9H2,2-4H3,(H,14,16). The highest BCUT2D eigenvalue weighted by Gasteiger charge is 2.35. The fourth-order valence-corrected chi connectivity index (χ4v) is 2.18. The van der Waals surface area contributed by atoms with Crippen LogP contribution in [0.15, 0.2) is 12.7 Å². The Kier molecular flexibility index (Phi) is 4.50. The van der Waals surface area contributed by atoms with Crippen molar-refractivity contribution in [3.05, 3.63) is 12.7 Å². The van der Waals surface area contributed by atoms with E-state index in [0.29, 0.717) is 6.54 Å². The largest absolute Gasteiger partial charge is 0.351 e. The molecule has 1 rings (SSSR count). The zero-order chi connectivity index (χ0) is 12.2. The van der Waals surface area contributed by atoms with E-state index in [9.17, 15) is 4.79 Å². The van der Waals surface area contributed by atoms with E-state index in [0.717, 1.165) is 19.6 Å². The maximum Gasteiger partial charge on any atom is 0.237 e. The molecular formula is C12H23N3O. The van der Waals surface area contributed by atoms with Gasteiger partial charge in [-0.25, -0.2) is 0 Å². The fourth-order valence-electron chi connectivity index (χ4n) is 2.18. The molecule has 1 unspecified atom stereocenters. The topological polar surface area (TPSA) is 44.4 Å². The first-order valence-electron chi connectivity index (χ1n) is 5.85. The van der Waals surface area contributed by atoms with Gasteiger partial charge in [0.1, 0.15) is 0 Å². The van der Waals surface area contributed by atoms with Gasteiger partial charge >= 0.3 is 0 Å². The number of nitrogens with one attached hydrogen (secondary N) is 2. The molecule has 4 heteroatoms. The molecule has 1 amide bonds. The van der Waals surface area contributed by atoms with Crippen molar-refractivity contribution in [2.45, 2.75) is 32.4 Å². The number of hydrogen-bond donors (Lipinski definition) is 2. The Morgan fingerprint density at radius 2 is 2.38 bits per heavy atom. The Hall–Kier alpha value is -0.870. The molecule has 1 heterocycles. The normalized spacial score (nSPS) is 22.4. The number of amides is 1. The summed E-state index contributed by atoms with van der Waals surface area (Å²) in [4.78, 5) is 14.1. The second kappa shape index (κ2) is 5.46. The molecule has 4 nitrogen and oxygen atoms in total. The summed E-state index contributed by atoms with van der Waals surface area (Å²) in [7, 11) is 0. The Labute approximate surface area is 98.1 Å². The molecular weight excluding hydrogens is 202 g/mol. The quantitative estimate of drug-likeness (QED) is 0.679. The first kappa shape index (κ1) is 13.2. The van der Waals surface area contributed by atoms with Gasteiger partial charge in [-0.05, 0) is 20.8 Å². The molecule has 0 aromatic carbocycles. The second-order valence-electron chi connectivity index (χ2n) is 4.89. The van der Waals surface area contributed by atoms with E-state index in [-0.39, 0.29) is 17.5 Å². The Morgan fingerprint density at radius 3 is 2.94 bits per heavy atom. The molecule has 92 valence electrons. The van der Waals surface area contributed by atoms with E-state index in [1.807, 2.05) is 6.92 Å². The summed E-state index contributed by atoms with van der Waals surface area (Å²) >= 11 is 0. The molecule has 0 aromatic rings. The third-order valence-electron chi connectivity index (χ3n) is 3.13. The third kappa shape index (κ3) is 3.06. The van der Waals surface area contributed by atoms with Crippen LogP contribution in [0.3, 0.4) is 0 Å². The zero-order valence-electron chi connectivity index (χ0n) is 10.5. The lowest BCUT2D eigenvalue weighted by molar-refractivity contribution is -0.128. The minimum absolute atomic E-state index is 0.0309. The number of carbonyl (C=O) groups excluding carboxylic acids is 1. The van der Waals surface area contributed by atoms with Crippen molar-refractivity contribution < 1.29 is 4.79 Å². The maximum absolute atomic E-state index is 11.9. The van der Waals surface area contributed by atoms with Crippen LogP contribution in [0.1, 0.15) is 20.8 Å². The molecule has 0 aliphatic carbocycles. The average molecular weight is 225 g/mol. The summed E-state index contributed by atoms with van der Waals surface area (Å²) in [5.74, 6) is 0.0786. The summed E-state index contributed by atoms with van der Waals surface area (Å²) in [6.07, 6.45) is 1.70. The fraction of sp³-hybridized carbons (Fsp3) is 0.750. The number of carbonyl (C=O) groups is 1. The maximum atomic E-state index is 11.9. The average Bonchev–Trinajstić information content (AvgIpc) is 2.24. The molecule has 1 saturated heterocycles. The van der Waals surface area contributed by atoms with Gasteiger partial charge in [-0.15, -0.1) is 6.58 Å². The number of nitrogens with zero attached hydrogens (tertiary/aromatic N) is 1. The highest BCUT2D eigenvalue weighted by atomic mass is 16.2. The Balaban J connectivity index is 2.60. The molecule has 1 fully saturated rings. The molecule has 0 bridgehead atoms. The SMILES string of the molecule is C=CCNC(=O)C(C)N1CCNCC1(C)C. The molecule has 0 spiro atoms. The van der Waals surface area contributed by atoms with Crippen molar-refractivity contribution in [1.29, 1.82) is 0 Å². The van der Waals surface area contributed by atoms with Gasteiger partial charge in [-0.2, -0.15) is 0 Å². The van der Waals surface area contributed by atoms with Gasteiger partial charge in [0.15, 0.2) is 0 Å². The van der Waals surface area contributed by atoms with Crippen LogP contribution in [-0.2, 0) is 4.79 Å². The first-order valence-corrected chi connectivity index (χ1v) is 5.85. The molecule has 2 N–H and O–H groups in total. The van der Waals surface area contributed by atoms with Gasteiger partial charge in [0.2, 0.25) is 5.91 Å². The van der Waals surface area contributed by atoms with E-state index in [1.165, 1.54) is 0 Å². The van der Waals surface area contributed by atoms with Crippen LogP contribution in [0.25, 0.3) is 0 Å². The van der Waals surface area contributed by atoms with Gasteiger partial charge in [0, 0.05) is 31.7 Å². The predicted octanol–water partition coefficient (Wildman–Crippen LogP) is 0.361. The van der Waals surface area contributed by atoms with Gasteiger partial charge in [-0.1, -0.05) is 6.08 Å². The summed E-state index contributed by atoms with van der Waals surface area (Å²) in [5, 5.41) is 6.20. The molecule has 0 saturated carbocycles. The molecule has 0 radical (unpaired) electrons. The zero-order valence-corrected chi connectivity index (χ0v) is 10.5. The van der Waals surface area contributed by atoms with Gasteiger partial charge in [0.05, 0.1) is 6.04 Å². The minimum atomic E-state index is -0.0861. The smallest absolute Gasteiger partial charge is 0.237 e. The lowest BCUT2D eigenvalue weighted by Gasteiger charge is -2.45. The van der Waals surface area contributed by atoms with Gasteiger partial charge < -0.3 is 10.6 Å². The molecule has 1 aliphatic rings. The number of rotatable bonds is 4. The first-order chi connectivity index (χ1) is 7.49. The van der Waals surface area contributed by atoms with E-state index >= 15 is 0 Å². The van der Waals surface area contributed by atoms with E-state index in [2.05, 4.69) is 36.0 Å². The van der Waals surface area contributed by atoms with Gasteiger partial charge in [0.25, 0.3) is 0 Å². The molecule has 0 aromatic heterocycles. The lowest BCUT2D eigenvalue weighted by Crippen LogP contribution is -2.63. The summed E-state index contributed by atoms with van der Waals surface area (Å²) in [6, 6.07) is -0.0861. The van der Waals surface area contributed by atoms with Crippen LogP contribution >= 0.6 is 0 Å². The summed E-state index contributed by atoms with van der Waals surface area (Å²) in [6.45, 7) is 13.2. The van der Waals surface area contributed by atoms with Gasteiger partial charge in [-0.3, -0.25) is 9.69 Å². The lowest BCUT2D eigenvalue weighted by atomic mass is 9.97. The number of hydrogen-bond acceptors (Lipinski definition) is 3. The van der Waals surface area contributed by atoms with Crippen molar-refractivity contribution >= 4 is 5.91 Å². The third-order valence-corrected chi connectivity index (χ3v) is 3.13. The predicted molar refractivity (Wildman–Crippen MR) is 66.3 cm³/mol. The van der Waals surface area contributed by atoms with E-state index < -0.39 is 0 Å². The molecule has 1 aliphatic heterocycles. The van der Waals surface area contributed by atoms with Crippen LogP contribution in [0.5, 0.6) is 0 Å². The summed E-state index contributed by atoms with van der Waals surface area (Å²) < 4.78 is 0. The number of piperazine rings is 1. The van der Waals surface area contributed by atoms with Crippen LogP contribution < -0.4 is 10.6 Å². The van der Waals surface area contributed by atoms with Crippen molar-refractivity contribution in [3.63, 3.8) is 0 Å². The van der Waals surface area contributed by atoms with Crippen LogP contribution in [-0.4, -0.2) is 48.6 Å². The Morgan fingerprint density at radius 1 is 1.69 bits per heavy atom.